The summed E-state index contributed by atoms with van der Waals surface area (Å²) in [6.07, 6.45) is -4.13. The molecular formula is C26H42BN3O10. The summed E-state index contributed by atoms with van der Waals surface area (Å²) in [5.41, 5.74) is 0.715. The van der Waals surface area contributed by atoms with Gasteiger partial charge in [0.15, 0.2) is 0 Å². The van der Waals surface area contributed by atoms with Crippen LogP contribution in [-0.4, -0.2) is 125 Å². The smallest absolute Gasteiger partial charge is 0.481 e. The lowest BCUT2D eigenvalue weighted by atomic mass is 9.74. The molecule has 224 valence electrons. The predicted molar refractivity (Wildman–Crippen MR) is 144 cm³/mol. The first-order chi connectivity index (χ1) is 19.1. The first-order valence-electron chi connectivity index (χ1n) is 13.7. The number of hydrogen-bond donors (Lipinski definition) is 7. The number of aliphatic hydroxyl groups excluding tert-OH is 4. The Labute approximate surface area is 234 Å². The number of phenolic OH excluding ortho intramolecular Hbond substituents is 1. The zero-order chi connectivity index (χ0) is 29.2. The van der Waals surface area contributed by atoms with E-state index in [0.717, 1.165) is 0 Å². The number of ether oxygens (including phenoxy) is 1. The summed E-state index contributed by atoms with van der Waals surface area (Å²) in [6.45, 7) is 4.53. The van der Waals surface area contributed by atoms with Crippen LogP contribution < -0.4 is 10.6 Å². The molecule has 2 saturated heterocycles. The summed E-state index contributed by atoms with van der Waals surface area (Å²) in [5.74, 6) is -1.06. The Morgan fingerprint density at radius 2 is 1.65 bits per heavy atom. The number of carbonyl (C=O) groups is 2. The lowest BCUT2D eigenvalue weighted by molar-refractivity contribution is -0.123. The van der Waals surface area contributed by atoms with Crippen LogP contribution in [0, 0.1) is 5.92 Å². The molecule has 1 aromatic rings. The van der Waals surface area contributed by atoms with Crippen LogP contribution in [0.25, 0.3) is 0 Å². The van der Waals surface area contributed by atoms with Crippen LogP contribution in [0.3, 0.4) is 0 Å². The molecule has 0 aromatic heterocycles. The molecule has 3 rings (SSSR count). The van der Waals surface area contributed by atoms with Crippen molar-refractivity contribution >= 4 is 19.1 Å². The molecule has 1 aromatic carbocycles. The fourth-order valence-electron chi connectivity index (χ4n) is 4.82. The Morgan fingerprint density at radius 1 is 1.02 bits per heavy atom. The minimum Gasteiger partial charge on any atom is -0.508 e. The Hall–Kier alpha value is -2.46. The van der Waals surface area contributed by atoms with Crippen LogP contribution >= 0.6 is 0 Å². The fourth-order valence-corrected chi connectivity index (χ4v) is 4.82. The molecule has 14 heteroatoms. The summed E-state index contributed by atoms with van der Waals surface area (Å²) in [7, 11) is -1.07. The highest BCUT2D eigenvalue weighted by Gasteiger charge is 2.50. The molecule has 2 unspecified atom stereocenters. The quantitative estimate of drug-likeness (QED) is 0.142. The third kappa shape index (κ3) is 9.03. The third-order valence-corrected chi connectivity index (χ3v) is 6.95. The van der Waals surface area contributed by atoms with Gasteiger partial charge in [-0.1, -0.05) is 26.0 Å². The highest BCUT2D eigenvalue weighted by Crippen LogP contribution is 2.27. The third-order valence-electron chi connectivity index (χ3n) is 6.95. The normalized spacial score (nSPS) is 22.6. The fraction of sp³-hybridized carbons (Fsp3) is 0.692. The molecule has 0 radical (unpaired) electrons. The SMILES string of the molecule is CC(C)C[C@H](NC(=O)[C@H](Cc1ccc(O)cc1)NC(=O)N1CCOCC1)B1OC([C@H](O)CO)C([C@H](O)CCO)O1. The van der Waals surface area contributed by atoms with Gasteiger partial charge in [0.05, 0.1) is 44.1 Å². The summed E-state index contributed by atoms with van der Waals surface area (Å²) < 4.78 is 17.2. The molecule has 7 N–H and O–H groups in total. The number of benzene rings is 1. The van der Waals surface area contributed by atoms with Gasteiger partial charge in [0.2, 0.25) is 5.91 Å². The summed E-state index contributed by atoms with van der Waals surface area (Å²) >= 11 is 0. The molecule has 6 atom stereocenters. The number of urea groups is 1. The number of nitrogens with zero attached hydrogens (tertiary/aromatic N) is 1. The van der Waals surface area contributed by atoms with Gasteiger partial charge in [-0.3, -0.25) is 4.79 Å². The maximum absolute atomic E-state index is 13.7. The van der Waals surface area contributed by atoms with Gasteiger partial charge in [-0.2, -0.15) is 0 Å². The summed E-state index contributed by atoms with van der Waals surface area (Å²) in [5, 5.41) is 55.0. The van der Waals surface area contributed by atoms with Crippen LogP contribution in [0.5, 0.6) is 5.75 Å². The molecule has 0 spiro atoms. The van der Waals surface area contributed by atoms with Crippen molar-refractivity contribution in [1.29, 1.82) is 0 Å². The van der Waals surface area contributed by atoms with Gasteiger partial charge in [0.25, 0.3) is 0 Å². The molecule has 2 heterocycles. The molecular weight excluding hydrogens is 525 g/mol. The van der Waals surface area contributed by atoms with E-state index in [-0.39, 0.29) is 31.1 Å². The van der Waals surface area contributed by atoms with Gasteiger partial charge >= 0.3 is 13.1 Å². The van der Waals surface area contributed by atoms with Crippen molar-refractivity contribution in [3.05, 3.63) is 29.8 Å². The number of morpholine rings is 1. The second-order valence-corrected chi connectivity index (χ2v) is 10.6. The number of carbonyl (C=O) groups excluding carboxylic acids is 2. The zero-order valence-corrected chi connectivity index (χ0v) is 23.0. The number of phenols is 1. The molecule has 3 amide bonds. The first-order valence-corrected chi connectivity index (χ1v) is 13.7. The Morgan fingerprint density at radius 3 is 2.23 bits per heavy atom. The van der Waals surface area contributed by atoms with Gasteiger partial charge in [0, 0.05) is 26.1 Å². The van der Waals surface area contributed by atoms with E-state index in [1.54, 1.807) is 17.0 Å². The number of aromatic hydroxyl groups is 1. The van der Waals surface area contributed by atoms with Crippen molar-refractivity contribution < 1.29 is 49.2 Å². The van der Waals surface area contributed by atoms with Crippen LogP contribution in [-0.2, 0) is 25.3 Å². The van der Waals surface area contributed by atoms with Crippen LogP contribution in [0.4, 0.5) is 4.79 Å². The average molecular weight is 567 g/mol. The lowest BCUT2D eigenvalue weighted by Gasteiger charge is -2.30. The van der Waals surface area contributed by atoms with Crippen LogP contribution in [0.15, 0.2) is 24.3 Å². The van der Waals surface area contributed by atoms with Crippen molar-refractivity contribution in [1.82, 2.24) is 15.5 Å². The highest BCUT2D eigenvalue weighted by molar-refractivity contribution is 6.47. The van der Waals surface area contributed by atoms with Crippen molar-refractivity contribution in [3.8, 4) is 5.75 Å². The van der Waals surface area contributed by atoms with Crippen LogP contribution in [0.1, 0.15) is 32.3 Å². The molecule has 2 aliphatic rings. The summed E-state index contributed by atoms with van der Waals surface area (Å²) in [6, 6.07) is 4.94. The van der Waals surface area contributed by atoms with E-state index in [4.69, 9.17) is 14.0 Å². The van der Waals surface area contributed by atoms with E-state index < -0.39 is 62.1 Å². The average Bonchev–Trinajstić information content (AvgIpc) is 3.39. The predicted octanol–water partition coefficient (Wildman–Crippen LogP) is -1.22. The van der Waals surface area contributed by atoms with Crippen molar-refractivity contribution in [2.75, 3.05) is 39.5 Å². The highest BCUT2D eigenvalue weighted by atomic mass is 16.7. The van der Waals surface area contributed by atoms with E-state index in [1.807, 2.05) is 13.8 Å². The largest absolute Gasteiger partial charge is 0.508 e. The van der Waals surface area contributed by atoms with Crippen LogP contribution in [0.2, 0.25) is 0 Å². The number of amides is 3. The van der Waals surface area contributed by atoms with Gasteiger partial charge in [-0.25, -0.2) is 4.79 Å². The van der Waals surface area contributed by atoms with E-state index in [9.17, 15) is 35.1 Å². The zero-order valence-electron chi connectivity index (χ0n) is 23.0. The number of nitrogens with one attached hydrogen (secondary N) is 2. The summed E-state index contributed by atoms with van der Waals surface area (Å²) in [4.78, 5) is 28.2. The lowest BCUT2D eigenvalue weighted by Crippen LogP contribution is -2.58. The minimum absolute atomic E-state index is 0.0289. The standard InChI is InChI=1S/C26H42BN3O10/c1-16(2)13-22(27-39-23(20(34)7-10-31)24(40-27)21(35)15-32)29-25(36)19(14-17-3-5-18(33)6-4-17)28-26(37)30-8-11-38-12-9-30/h3-6,16,19-24,31-35H,7-15H2,1-2H3,(H,28,37)(H,29,36)/t19-,20+,21+,22-,23?,24?/m0/s1. The van der Waals surface area contributed by atoms with Gasteiger partial charge in [-0.05, 0) is 36.5 Å². The second kappa shape index (κ2) is 15.5. The van der Waals surface area contributed by atoms with E-state index >= 15 is 0 Å². The number of aliphatic hydroxyl groups is 4. The molecule has 0 bridgehead atoms. The van der Waals surface area contributed by atoms with E-state index in [2.05, 4.69) is 10.6 Å². The van der Waals surface area contributed by atoms with Gasteiger partial charge < -0.3 is 55.1 Å². The molecule has 2 aliphatic heterocycles. The first kappa shape index (κ1) is 32.1. The number of hydrogen-bond acceptors (Lipinski definition) is 10. The van der Waals surface area contributed by atoms with Crippen molar-refractivity contribution in [2.45, 2.75) is 69.5 Å². The maximum atomic E-state index is 13.7. The maximum Gasteiger partial charge on any atom is 0.481 e. The second-order valence-electron chi connectivity index (χ2n) is 10.6. The molecule has 2 fully saturated rings. The van der Waals surface area contributed by atoms with Gasteiger partial charge in [0.1, 0.15) is 17.9 Å². The molecule has 40 heavy (non-hydrogen) atoms. The van der Waals surface area contributed by atoms with Crippen molar-refractivity contribution in [2.24, 2.45) is 5.92 Å². The molecule has 0 aliphatic carbocycles. The van der Waals surface area contributed by atoms with Gasteiger partial charge in [-0.15, -0.1) is 0 Å². The molecule has 0 saturated carbocycles. The molecule has 13 nitrogen and oxygen atoms in total. The van der Waals surface area contributed by atoms with E-state index in [1.165, 1.54) is 12.1 Å². The Kier molecular flexibility index (Phi) is 12.4. The monoisotopic (exact) mass is 567 g/mol. The van der Waals surface area contributed by atoms with E-state index in [0.29, 0.717) is 38.3 Å². The number of rotatable bonds is 13. The minimum atomic E-state index is -1.35. The Bertz CT molecular complexity index is 934. The van der Waals surface area contributed by atoms with Crippen molar-refractivity contribution in [3.63, 3.8) is 0 Å². The topological polar surface area (TPSA) is 190 Å². The Balaban J connectivity index is 1.80.